The molecule has 0 spiro atoms. The highest BCUT2D eigenvalue weighted by atomic mass is 32.2. The molecule has 0 nitrogen and oxygen atoms in total. The molecule has 0 saturated carbocycles. The molecular weight excluding hydrogens is 116 g/mol. The van der Waals surface area contributed by atoms with Crippen LogP contribution in [0.3, 0.4) is 0 Å². The van der Waals surface area contributed by atoms with Gasteiger partial charge < -0.3 is 0 Å². The Morgan fingerprint density at radius 3 is 3.50 bits per heavy atom. The highest BCUT2D eigenvalue weighted by molar-refractivity contribution is 8.03. The van der Waals surface area contributed by atoms with Crippen LogP contribution < -0.4 is 0 Å². The first-order valence-corrected chi connectivity index (χ1v) is 3.52. The highest BCUT2D eigenvalue weighted by Crippen LogP contribution is 2.32. The molecule has 8 heavy (non-hydrogen) atoms. The van der Waals surface area contributed by atoms with Gasteiger partial charge in [-0.05, 0) is 17.1 Å². The van der Waals surface area contributed by atoms with E-state index in [0.717, 1.165) is 0 Å². The lowest BCUT2D eigenvalue weighted by atomic mass is 10.2. The van der Waals surface area contributed by atoms with E-state index in [4.69, 9.17) is 0 Å². The third-order valence-electron chi connectivity index (χ3n) is 1.30. The van der Waals surface area contributed by atoms with Crippen molar-refractivity contribution in [3.05, 3.63) is 35.3 Å². The summed E-state index contributed by atoms with van der Waals surface area (Å²) in [5, 5.41) is 2.66. The third-order valence-corrected chi connectivity index (χ3v) is 2.27. The Morgan fingerprint density at radius 1 is 1.62 bits per heavy atom. The number of thioether (sulfide) groups is 1. The summed E-state index contributed by atoms with van der Waals surface area (Å²) in [6, 6.07) is 0. The number of allylic oxidation sites excluding steroid dienone is 3. The summed E-state index contributed by atoms with van der Waals surface area (Å²) in [5.41, 5.74) is 1.40. The van der Waals surface area contributed by atoms with Crippen molar-refractivity contribution in [2.45, 2.75) is 5.25 Å². The van der Waals surface area contributed by atoms with Gasteiger partial charge in [0.05, 0.1) is 5.25 Å². The van der Waals surface area contributed by atoms with E-state index in [1.165, 1.54) is 5.57 Å². The molecule has 0 saturated heterocycles. The molecule has 0 aromatic heterocycles. The second kappa shape index (κ2) is 1.52. The van der Waals surface area contributed by atoms with Gasteiger partial charge >= 0.3 is 0 Å². The van der Waals surface area contributed by atoms with Crippen molar-refractivity contribution < 1.29 is 0 Å². The molecule has 1 heteroatoms. The maximum atomic E-state index is 3.20. The molecule has 39 valence electrons. The first kappa shape index (κ1) is 4.45. The maximum absolute atomic E-state index is 3.20. The van der Waals surface area contributed by atoms with Gasteiger partial charge in [-0.1, -0.05) is 18.2 Å². The Balaban J connectivity index is 2.39. The first-order valence-electron chi connectivity index (χ1n) is 2.58. The standard InChI is InChI=1S/C7H5S/c1-2-6-4-5-8-7(6)3-1/h1-2,4-5,7H. The van der Waals surface area contributed by atoms with Crippen LogP contribution in [0.4, 0.5) is 0 Å². The third kappa shape index (κ3) is 0.480. The van der Waals surface area contributed by atoms with Gasteiger partial charge in [0.2, 0.25) is 0 Å². The van der Waals surface area contributed by atoms with Crippen molar-refractivity contribution in [1.82, 2.24) is 0 Å². The summed E-state index contributed by atoms with van der Waals surface area (Å²) in [6.07, 6.45) is 9.45. The van der Waals surface area contributed by atoms with Gasteiger partial charge in [-0.15, -0.1) is 11.8 Å². The zero-order chi connectivity index (χ0) is 5.40. The summed E-state index contributed by atoms with van der Waals surface area (Å²) >= 11 is 1.82. The minimum atomic E-state index is 0.537. The van der Waals surface area contributed by atoms with E-state index in [1.807, 2.05) is 17.8 Å². The van der Waals surface area contributed by atoms with Crippen LogP contribution in [0.2, 0.25) is 0 Å². The molecule has 0 amide bonds. The summed E-state index contributed by atoms with van der Waals surface area (Å²) in [4.78, 5) is 0. The monoisotopic (exact) mass is 121 g/mol. The Morgan fingerprint density at radius 2 is 2.62 bits per heavy atom. The van der Waals surface area contributed by atoms with Gasteiger partial charge in [0.25, 0.3) is 0 Å². The number of hydrogen-bond donors (Lipinski definition) is 0. The molecule has 1 aliphatic carbocycles. The van der Waals surface area contributed by atoms with Crippen molar-refractivity contribution in [1.29, 1.82) is 0 Å². The van der Waals surface area contributed by atoms with Gasteiger partial charge in [0.15, 0.2) is 0 Å². The molecule has 1 atom stereocenters. The van der Waals surface area contributed by atoms with Crippen LogP contribution in [0, 0.1) is 6.08 Å². The summed E-state index contributed by atoms with van der Waals surface area (Å²) in [6.45, 7) is 0. The second-order valence-electron chi connectivity index (χ2n) is 1.82. The SMILES string of the molecule is [C]1=CC=C2C=CSC12. The zero-order valence-electron chi connectivity index (χ0n) is 4.29. The summed E-state index contributed by atoms with van der Waals surface area (Å²) in [7, 11) is 0. The minimum absolute atomic E-state index is 0.537. The fraction of sp³-hybridized carbons (Fsp3) is 0.143. The molecule has 0 aromatic rings. The van der Waals surface area contributed by atoms with E-state index in [0.29, 0.717) is 5.25 Å². The van der Waals surface area contributed by atoms with Gasteiger partial charge in [-0.25, -0.2) is 0 Å². The normalized spacial score (nSPS) is 31.0. The average Bonchev–Trinajstić information content (AvgIpc) is 2.15. The molecule has 1 aliphatic heterocycles. The molecule has 0 aromatic carbocycles. The molecule has 2 rings (SSSR count). The molecule has 2 aliphatic rings. The van der Waals surface area contributed by atoms with Crippen molar-refractivity contribution in [3.63, 3.8) is 0 Å². The van der Waals surface area contributed by atoms with E-state index >= 15 is 0 Å². The van der Waals surface area contributed by atoms with Crippen molar-refractivity contribution in [3.8, 4) is 0 Å². The topological polar surface area (TPSA) is 0 Å². The van der Waals surface area contributed by atoms with Crippen LogP contribution in [-0.2, 0) is 0 Å². The largest absolute Gasteiger partial charge is 0.121 e. The minimum Gasteiger partial charge on any atom is -0.121 e. The molecular formula is C7H5S. The lowest BCUT2D eigenvalue weighted by molar-refractivity contribution is 1.35. The van der Waals surface area contributed by atoms with Gasteiger partial charge in [0.1, 0.15) is 0 Å². The fourth-order valence-electron chi connectivity index (χ4n) is 0.873. The quantitative estimate of drug-likeness (QED) is 0.471. The van der Waals surface area contributed by atoms with E-state index in [2.05, 4.69) is 23.6 Å². The lowest BCUT2D eigenvalue weighted by Crippen LogP contribution is -1.89. The molecule has 0 N–H and O–H groups in total. The van der Waals surface area contributed by atoms with Crippen LogP contribution in [0.5, 0.6) is 0 Å². The van der Waals surface area contributed by atoms with E-state index in [-0.39, 0.29) is 0 Å². The Labute approximate surface area is 53.0 Å². The van der Waals surface area contributed by atoms with Gasteiger partial charge in [-0.2, -0.15) is 0 Å². The maximum Gasteiger partial charge on any atom is 0.0591 e. The van der Waals surface area contributed by atoms with Gasteiger partial charge in [0, 0.05) is 0 Å². The number of fused-ring (bicyclic) bond motifs is 1. The van der Waals surface area contributed by atoms with Crippen LogP contribution in [-0.4, -0.2) is 5.25 Å². The molecule has 1 radical (unpaired) electrons. The lowest BCUT2D eigenvalue weighted by Gasteiger charge is -1.95. The molecule has 0 bridgehead atoms. The van der Waals surface area contributed by atoms with Crippen LogP contribution in [0.15, 0.2) is 29.2 Å². The molecule has 1 heterocycles. The van der Waals surface area contributed by atoms with E-state index in [9.17, 15) is 0 Å². The summed E-state index contributed by atoms with van der Waals surface area (Å²) in [5.74, 6) is 0. The van der Waals surface area contributed by atoms with Crippen LogP contribution >= 0.6 is 11.8 Å². The Hall–Kier alpha value is -0.430. The number of rotatable bonds is 0. The van der Waals surface area contributed by atoms with Crippen molar-refractivity contribution >= 4 is 11.8 Å². The molecule has 1 unspecified atom stereocenters. The molecule has 0 fully saturated rings. The average molecular weight is 121 g/mol. The van der Waals surface area contributed by atoms with Crippen LogP contribution in [0.25, 0.3) is 0 Å². The van der Waals surface area contributed by atoms with Crippen molar-refractivity contribution in [2.24, 2.45) is 0 Å². The van der Waals surface area contributed by atoms with Gasteiger partial charge in [-0.3, -0.25) is 0 Å². The first-order chi connectivity index (χ1) is 3.97. The predicted molar refractivity (Wildman–Crippen MR) is 36.4 cm³/mol. The predicted octanol–water partition coefficient (Wildman–Crippen LogP) is 1.91. The fourth-order valence-corrected chi connectivity index (χ4v) is 1.74. The van der Waals surface area contributed by atoms with Crippen molar-refractivity contribution in [2.75, 3.05) is 0 Å². The van der Waals surface area contributed by atoms with E-state index in [1.54, 1.807) is 0 Å². The Kier molecular flexibility index (Phi) is 0.847. The second-order valence-corrected chi connectivity index (χ2v) is 2.83. The smallest absolute Gasteiger partial charge is 0.0591 e. The number of hydrogen-bond acceptors (Lipinski definition) is 1. The zero-order valence-corrected chi connectivity index (χ0v) is 5.11. The summed E-state index contributed by atoms with van der Waals surface area (Å²) < 4.78 is 0. The van der Waals surface area contributed by atoms with E-state index < -0.39 is 0 Å². The highest BCUT2D eigenvalue weighted by Gasteiger charge is 2.15. The van der Waals surface area contributed by atoms with Crippen LogP contribution in [0.1, 0.15) is 0 Å². The Bertz CT molecular complexity index is 187.